The smallest absolute Gasteiger partial charge is 0.266 e. The maximum Gasteiger partial charge on any atom is 0.266 e. The van der Waals surface area contributed by atoms with Crippen molar-refractivity contribution in [3.05, 3.63) is 99.3 Å². The Morgan fingerprint density at radius 1 is 0.941 bits per heavy atom. The Bertz CT molecular complexity index is 1440. The van der Waals surface area contributed by atoms with Crippen molar-refractivity contribution in [1.29, 1.82) is 0 Å². The number of rotatable bonds is 4. The zero-order valence-electron chi connectivity index (χ0n) is 19.6. The minimum absolute atomic E-state index is 0.0648. The van der Waals surface area contributed by atoms with E-state index in [1.165, 1.54) is 22.9 Å². The molecule has 34 heavy (non-hydrogen) atoms. The van der Waals surface area contributed by atoms with E-state index in [1.54, 1.807) is 4.57 Å². The van der Waals surface area contributed by atoms with E-state index in [9.17, 15) is 9.59 Å². The van der Waals surface area contributed by atoms with E-state index < -0.39 is 0 Å². The molecule has 4 aromatic rings. The van der Waals surface area contributed by atoms with Gasteiger partial charge < -0.3 is 4.90 Å². The molecule has 1 aliphatic heterocycles. The number of amides is 1. The molecule has 0 bridgehead atoms. The van der Waals surface area contributed by atoms with Crippen molar-refractivity contribution in [2.24, 2.45) is 0 Å². The maximum absolute atomic E-state index is 13.7. The molecule has 0 saturated heterocycles. The molecule has 0 saturated carbocycles. The minimum Gasteiger partial charge on any atom is -0.337 e. The molecular formula is C28H27N3O2S. The maximum atomic E-state index is 13.7. The Hall–Kier alpha value is -3.38. The van der Waals surface area contributed by atoms with Gasteiger partial charge in [-0.2, -0.15) is 0 Å². The van der Waals surface area contributed by atoms with Crippen LogP contribution < -0.4 is 5.56 Å². The number of fused-ring (bicyclic) bond motifs is 2. The number of thioether (sulfide) groups is 1. The zero-order valence-corrected chi connectivity index (χ0v) is 20.4. The van der Waals surface area contributed by atoms with Crippen LogP contribution in [0.15, 0.2) is 76.7 Å². The molecule has 1 aliphatic rings. The topological polar surface area (TPSA) is 55.2 Å². The molecule has 1 amide bonds. The molecule has 0 fully saturated rings. The summed E-state index contributed by atoms with van der Waals surface area (Å²) in [6.45, 7) is 7.23. The zero-order chi connectivity index (χ0) is 23.8. The van der Waals surface area contributed by atoms with Crippen LogP contribution in [0.1, 0.15) is 29.2 Å². The van der Waals surface area contributed by atoms with Crippen LogP contribution in [-0.2, 0) is 17.8 Å². The highest BCUT2D eigenvalue weighted by Crippen LogP contribution is 2.29. The van der Waals surface area contributed by atoms with Crippen LogP contribution in [0.5, 0.6) is 0 Å². The fraction of sp³-hybridized carbons (Fsp3) is 0.250. The number of para-hydroxylation sites is 2. The molecular weight excluding hydrogens is 442 g/mol. The van der Waals surface area contributed by atoms with Crippen molar-refractivity contribution < 1.29 is 4.79 Å². The first kappa shape index (κ1) is 22.4. The molecule has 0 aliphatic carbocycles. The van der Waals surface area contributed by atoms with Crippen LogP contribution in [0, 0.1) is 13.8 Å². The molecule has 1 aromatic heterocycles. The molecule has 1 atom stereocenters. The second-order valence-electron chi connectivity index (χ2n) is 8.83. The Morgan fingerprint density at radius 3 is 2.38 bits per heavy atom. The number of hydrogen-bond donors (Lipinski definition) is 0. The van der Waals surface area contributed by atoms with Crippen LogP contribution in [-0.4, -0.2) is 32.2 Å². The second kappa shape index (κ2) is 9.11. The van der Waals surface area contributed by atoms with Gasteiger partial charge in [0.25, 0.3) is 5.56 Å². The molecule has 6 heteroatoms. The quantitative estimate of drug-likeness (QED) is 0.309. The van der Waals surface area contributed by atoms with Crippen LogP contribution in [0.3, 0.4) is 0 Å². The summed E-state index contributed by atoms with van der Waals surface area (Å²) in [5.74, 6) is 0.0648. The van der Waals surface area contributed by atoms with Crippen LogP contribution in [0.2, 0.25) is 0 Å². The molecule has 172 valence electrons. The molecule has 3 aromatic carbocycles. The van der Waals surface area contributed by atoms with Gasteiger partial charge >= 0.3 is 0 Å². The first-order valence-corrected chi connectivity index (χ1v) is 12.4. The van der Waals surface area contributed by atoms with Gasteiger partial charge in [0, 0.05) is 13.1 Å². The third-order valence-electron chi connectivity index (χ3n) is 6.48. The van der Waals surface area contributed by atoms with E-state index in [4.69, 9.17) is 4.98 Å². The lowest BCUT2D eigenvalue weighted by atomic mass is 10.00. The number of benzene rings is 3. The standard InChI is InChI=1S/C28H27N3O2S/c1-18-9-8-10-19(2)25(18)31-27(33)23-13-6-7-14-24(23)29-28(31)34-20(3)26(32)30-16-15-21-11-4-5-12-22(21)17-30/h4-14,20H,15-17H2,1-3H3. The lowest BCUT2D eigenvalue weighted by Crippen LogP contribution is -2.40. The lowest BCUT2D eigenvalue weighted by molar-refractivity contribution is -0.131. The summed E-state index contributed by atoms with van der Waals surface area (Å²) in [6, 6.07) is 21.7. The van der Waals surface area contributed by atoms with Gasteiger partial charge in [-0.25, -0.2) is 4.98 Å². The van der Waals surface area contributed by atoms with Crippen LogP contribution in [0.25, 0.3) is 16.6 Å². The van der Waals surface area contributed by atoms with Gasteiger partial charge in [0.2, 0.25) is 5.91 Å². The van der Waals surface area contributed by atoms with Crippen molar-refractivity contribution in [2.45, 2.75) is 44.1 Å². The normalized spacial score (nSPS) is 14.1. The highest BCUT2D eigenvalue weighted by Gasteiger charge is 2.27. The highest BCUT2D eigenvalue weighted by molar-refractivity contribution is 8.00. The average molecular weight is 470 g/mol. The molecule has 5 nitrogen and oxygen atoms in total. The summed E-state index contributed by atoms with van der Waals surface area (Å²) in [4.78, 5) is 33.9. The van der Waals surface area contributed by atoms with Crippen molar-refractivity contribution in [2.75, 3.05) is 6.54 Å². The number of carbonyl (C=O) groups excluding carboxylic acids is 1. The fourth-order valence-corrected chi connectivity index (χ4v) is 5.69. The van der Waals surface area contributed by atoms with E-state index in [-0.39, 0.29) is 16.7 Å². The first-order valence-electron chi connectivity index (χ1n) is 11.5. The number of aromatic nitrogens is 2. The largest absolute Gasteiger partial charge is 0.337 e. The summed E-state index contributed by atoms with van der Waals surface area (Å²) in [7, 11) is 0. The third-order valence-corrected chi connectivity index (χ3v) is 7.52. The number of hydrogen-bond acceptors (Lipinski definition) is 4. The predicted molar refractivity (Wildman–Crippen MR) is 138 cm³/mol. The SMILES string of the molecule is Cc1cccc(C)c1-n1c(SC(C)C(=O)N2CCc3ccccc3C2)nc2ccccc2c1=O. The van der Waals surface area contributed by atoms with Crippen molar-refractivity contribution in [3.63, 3.8) is 0 Å². The van der Waals surface area contributed by atoms with E-state index in [1.807, 2.05) is 80.3 Å². The molecule has 2 heterocycles. The van der Waals surface area contributed by atoms with Gasteiger partial charge in [-0.15, -0.1) is 0 Å². The van der Waals surface area contributed by atoms with E-state index in [0.29, 0.717) is 29.1 Å². The van der Waals surface area contributed by atoms with E-state index >= 15 is 0 Å². The third kappa shape index (κ3) is 4.03. The molecule has 1 unspecified atom stereocenters. The Balaban J connectivity index is 1.53. The van der Waals surface area contributed by atoms with Gasteiger partial charge in [0.05, 0.1) is 21.8 Å². The monoisotopic (exact) mass is 469 g/mol. The summed E-state index contributed by atoms with van der Waals surface area (Å²) < 4.78 is 1.69. The minimum atomic E-state index is -0.381. The van der Waals surface area contributed by atoms with Crippen LogP contribution in [0.4, 0.5) is 0 Å². The van der Waals surface area contributed by atoms with Crippen molar-refractivity contribution in [1.82, 2.24) is 14.5 Å². The van der Waals surface area contributed by atoms with Gasteiger partial charge in [-0.05, 0) is 61.6 Å². The molecule has 0 radical (unpaired) electrons. The fourth-order valence-electron chi connectivity index (χ4n) is 4.70. The summed E-state index contributed by atoms with van der Waals surface area (Å²) in [5, 5.41) is 0.731. The van der Waals surface area contributed by atoms with E-state index in [2.05, 4.69) is 12.1 Å². The van der Waals surface area contributed by atoms with Gasteiger partial charge in [0.1, 0.15) is 0 Å². The van der Waals surface area contributed by atoms with Gasteiger partial charge in [-0.3, -0.25) is 14.2 Å². The summed E-state index contributed by atoms with van der Waals surface area (Å²) in [5.41, 5.74) is 5.86. The van der Waals surface area contributed by atoms with E-state index in [0.717, 1.165) is 23.2 Å². The van der Waals surface area contributed by atoms with Crippen molar-refractivity contribution in [3.8, 4) is 5.69 Å². The second-order valence-corrected chi connectivity index (χ2v) is 10.1. The molecule has 5 rings (SSSR count). The predicted octanol–water partition coefficient (Wildman–Crippen LogP) is 5.07. The number of nitrogens with zero attached hydrogens (tertiary/aromatic N) is 3. The van der Waals surface area contributed by atoms with Crippen molar-refractivity contribution >= 4 is 28.6 Å². The Morgan fingerprint density at radius 2 is 1.62 bits per heavy atom. The number of carbonyl (C=O) groups is 1. The molecule has 0 spiro atoms. The summed E-state index contributed by atoms with van der Waals surface area (Å²) in [6.07, 6.45) is 0.862. The molecule has 0 N–H and O–H groups in total. The Labute approximate surface area is 203 Å². The first-order chi connectivity index (χ1) is 16.4. The van der Waals surface area contributed by atoms with Crippen LogP contribution >= 0.6 is 11.8 Å². The lowest BCUT2D eigenvalue weighted by Gasteiger charge is -2.31. The van der Waals surface area contributed by atoms with Gasteiger partial charge in [-0.1, -0.05) is 66.4 Å². The highest BCUT2D eigenvalue weighted by atomic mass is 32.2. The average Bonchev–Trinajstić information content (AvgIpc) is 2.85. The van der Waals surface area contributed by atoms with Gasteiger partial charge in [0.15, 0.2) is 5.16 Å². The Kier molecular flexibility index (Phi) is 6.00. The summed E-state index contributed by atoms with van der Waals surface area (Å²) >= 11 is 1.36. The number of aryl methyl sites for hydroxylation is 2.